The van der Waals surface area contributed by atoms with Crippen molar-refractivity contribution in [3.05, 3.63) is 6.33 Å². The van der Waals surface area contributed by atoms with Crippen LogP contribution >= 0.6 is 0 Å². The van der Waals surface area contributed by atoms with Gasteiger partial charge in [-0.1, -0.05) is 0 Å². The highest BCUT2D eigenvalue weighted by atomic mass is 16.7. The first kappa shape index (κ1) is 6.00. The van der Waals surface area contributed by atoms with Gasteiger partial charge in [-0.15, -0.1) is 10.2 Å². The van der Waals surface area contributed by atoms with Crippen LogP contribution in [-0.2, 0) is 0 Å². The van der Waals surface area contributed by atoms with Gasteiger partial charge in [-0.05, 0) is 19.1 Å². The molecule has 0 fully saturated rings. The van der Waals surface area contributed by atoms with Gasteiger partial charge in [-0.3, -0.25) is 0 Å². The number of hydrogen-bond donors (Lipinski definition) is 0. The van der Waals surface area contributed by atoms with Gasteiger partial charge in [0.1, 0.15) is 6.10 Å². The van der Waals surface area contributed by atoms with Crippen molar-refractivity contribution in [1.29, 1.82) is 0 Å². The number of tetrazole rings is 1. The molecule has 1 aromatic rings. The van der Waals surface area contributed by atoms with Gasteiger partial charge in [0, 0.05) is 4.96 Å². The van der Waals surface area contributed by atoms with Gasteiger partial charge >= 0.3 is 0 Å². The van der Waals surface area contributed by atoms with Crippen LogP contribution in [0.1, 0.15) is 13.8 Å². The van der Waals surface area contributed by atoms with Crippen molar-refractivity contribution in [3.8, 4) is 0 Å². The van der Waals surface area contributed by atoms with Crippen LogP contribution in [-0.4, -0.2) is 26.5 Å². The molecule has 9 heavy (non-hydrogen) atoms. The van der Waals surface area contributed by atoms with Crippen molar-refractivity contribution in [2.45, 2.75) is 20.0 Å². The summed E-state index contributed by atoms with van der Waals surface area (Å²) in [4.78, 5) is 6.07. The Morgan fingerprint density at radius 1 is 1.56 bits per heavy atom. The number of nitrogens with zero attached hydrogens (tertiary/aromatic N) is 4. The standard InChI is InChI=1S/C4H8N4O/c1-4(2)9-8-6-3-5-7-8/h3-4H,1-2H3. The van der Waals surface area contributed by atoms with Crippen molar-refractivity contribution in [3.63, 3.8) is 0 Å². The summed E-state index contributed by atoms with van der Waals surface area (Å²) in [6.45, 7) is 3.78. The third kappa shape index (κ3) is 1.67. The molecule has 0 unspecified atom stereocenters. The fourth-order valence-corrected chi connectivity index (χ4v) is 0.394. The second kappa shape index (κ2) is 2.43. The van der Waals surface area contributed by atoms with Crippen LogP contribution in [0.3, 0.4) is 0 Å². The van der Waals surface area contributed by atoms with E-state index in [-0.39, 0.29) is 6.10 Å². The highest BCUT2D eigenvalue weighted by Gasteiger charge is 1.94. The Morgan fingerprint density at radius 2 is 2.33 bits per heavy atom. The molecule has 0 bridgehead atoms. The van der Waals surface area contributed by atoms with E-state index in [9.17, 15) is 0 Å². The lowest BCUT2D eigenvalue weighted by Crippen LogP contribution is -2.21. The Hall–Kier alpha value is -1.13. The van der Waals surface area contributed by atoms with E-state index in [0.717, 1.165) is 4.96 Å². The molecule has 0 aliphatic carbocycles. The minimum atomic E-state index is 0.0826. The molecular weight excluding hydrogens is 120 g/mol. The minimum absolute atomic E-state index is 0.0826. The highest BCUT2D eigenvalue weighted by molar-refractivity contribution is 4.35. The van der Waals surface area contributed by atoms with Gasteiger partial charge in [0.25, 0.3) is 0 Å². The molecule has 0 saturated carbocycles. The maximum atomic E-state index is 4.99. The van der Waals surface area contributed by atoms with Crippen molar-refractivity contribution in [1.82, 2.24) is 20.4 Å². The van der Waals surface area contributed by atoms with Crippen LogP contribution in [0.15, 0.2) is 6.33 Å². The summed E-state index contributed by atoms with van der Waals surface area (Å²) in [7, 11) is 0. The Kier molecular flexibility index (Phi) is 1.62. The summed E-state index contributed by atoms with van der Waals surface area (Å²) in [5, 5.41) is 10.6. The molecule has 1 aromatic heterocycles. The fraction of sp³-hybridized carbons (Fsp3) is 0.750. The molecule has 1 heterocycles. The van der Waals surface area contributed by atoms with Crippen LogP contribution in [0, 0.1) is 0 Å². The van der Waals surface area contributed by atoms with Crippen LogP contribution in [0.25, 0.3) is 0 Å². The van der Waals surface area contributed by atoms with Crippen LogP contribution < -0.4 is 4.84 Å². The monoisotopic (exact) mass is 128 g/mol. The summed E-state index contributed by atoms with van der Waals surface area (Å²) in [5.41, 5.74) is 0. The van der Waals surface area contributed by atoms with Gasteiger partial charge < -0.3 is 4.84 Å². The second-order valence-electron chi connectivity index (χ2n) is 1.84. The average molecular weight is 128 g/mol. The normalized spacial score (nSPS) is 10.1. The van der Waals surface area contributed by atoms with E-state index in [0.29, 0.717) is 0 Å². The van der Waals surface area contributed by atoms with Gasteiger partial charge in [0.15, 0.2) is 6.33 Å². The summed E-state index contributed by atoms with van der Waals surface area (Å²) in [6.07, 6.45) is 1.40. The topological polar surface area (TPSA) is 52.8 Å². The molecule has 0 spiro atoms. The van der Waals surface area contributed by atoms with E-state index >= 15 is 0 Å². The van der Waals surface area contributed by atoms with Crippen molar-refractivity contribution < 1.29 is 4.84 Å². The van der Waals surface area contributed by atoms with E-state index in [4.69, 9.17) is 4.84 Å². The van der Waals surface area contributed by atoms with E-state index in [1.54, 1.807) is 0 Å². The quantitative estimate of drug-likeness (QED) is 0.539. The van der Waals surface area contributed by atoms with E-state index in [1.807, 2.05) is 13.8 Å². The number of aromatic nitrogens is 4. The Bertz CT molecular complexity index is 159. The minimum Gasteiger partial charge on any atom is -0.377 e. The lowest BCUT2D eigenvalue weighted by atomic mass is 10.5. The average Bonchev–Trinajstić information content (AvgIpc) is 2.15. The summed E-state index contributed by atoms with van der Waals surface area (Å²) in [6, 6.07) is 0. The third-order valence-electron chi connectivity index (χ3n) is 0.635. The first-order valence-corrected chi connectivity index (χ1v) is 2.69. The first-order chi connectivity index (χ1) is 4.29. The zero-order valence-corrected chi connectivity index (χ0v) is 5.35. The zero-order chi connectivity index (χ0) is 6.69. The predicted octanol–water partition coefficient (Wildman–Crippen LogP) is -0.490. The summed E-state index contributed by atoms with van der Waals surface area (Å²) in [5.74, 6) is 0. The molecule has 0 aliphatic rings. The van der Waals surface area contributed by atoms with Crippen molar-refractivity contribution in [2.75, 3.05) is 0 Å². The van der Waals surface area contributed by atoms with Gasteiger partial charge in [0.05, 0.1) is 0 Å². The molecule has 1 rings (SSSR count). The molecule has 0 saturated heterocycles. The molecule has 0 aromatic carbocycles. The molecule has 50 valence electrons. The lowest BCUT2D eigenvalue weighted by molar-refractivity contribution is 0.00821. The fourth-order valence-electron chi connectivity index (χ4n) is 0.394. The van der Waals surface area contributed by atoms with Crippen LogP contribution in [0.2, 0.25) is 0 Å². The number of rotatable bonds is 2. The zero-order valence-electron chi connectivity index (χ0n) is 5.35. The third-order valence-corrected chi connectivity index (χ3v) is 0.635. The number of hydrogen-bond acceptors (Lipinski definition) is 4. The summed E-state index contributed by atoms with van der Waals surface area (Å²) >= 11 is 0. The lowest BCUT2D eigenvalue weighted by Gasteiger charge is -2.03. The Balaban J connectivity index is 2.48. The van der Waals surface area contributed by atoms with Crippen LogP contribution in [0.5, 0.6) is 0 Å². The molecule has 5 heteroatoms. The SMILES string of the molecule is CC(C)On1ncnn1. The molecular formula is C4H8N4O. The molecule has 5 nitrogen and oxygen atoms in total. The maximum Gasteiger partial charge on any atom is 0.165 e. The smallest absolute Gasteiger partial charge is 0.165 e. The highest BCUT2D eigenvalue weighted by Crippen LogP contribution is 1.78. The van der Waals surface area contributed by atoms with Crippen molar-refractivity contribution in [2.24, 2.45) is 0 Å². The first-order valence-electron chi connectivity index (χ1n) is 2.69. The second-order valence-corrected chi connectivity index (χ2v) is 1.84. The Morgan fingerprint density at radius 3 is 2.78 bits per heavy atom. The van der Waals surface area contributed by atoms with Gasteiger partial charge in [-0.25, -0.2) is 0 Å². The van der Waals surface area contributed by atoms with Gasteiger partial charge in [-0.2, -0.15) is 0 Å². The largest absolute Gasteiger partial charge is 0.377 e. The van der Waals surface area contributed by atoms with E-state index in [2.05, 4.69) is 15.4 Å². The molecule has 0 N–H and O–H groups in total. The molecule has 0 amide bonds. The van der Waals surface area contributed by atoms with E-state index < -0.39 is 0 Å². The maximum absolute atomic E-state index is 4.99. The predicted molar refractivity (Wildman–Crippen MR) is 29.5 cm³/mol. The summed E-state index contributed by atoms with van der Waals surface area (Å²) < 4.78 is 0. The van der Waals surface area contributed by atoms with Gasteiger partial charge in [0.2, 0.25) is 0 Å². The molecule has 0 atom stereocenters. The van der Waals surface area contributed by atoms with Crippen LogP contribution in [0.4, 0.5) is 0 Å². The van der Waals surface area contributed by atoms with Crippen molar-refractivity contribution >= 4 is 0 Å². The molecule has 0 radical (unpaired) electrons. The molecule has 0 aliphatic heterocycles. The Labute approximate surface area is 52.6 Å². The van der Waals surface area contributed by atoms with E-state index in [1.165, 1.54) is 6.33 Å².